The van der Waals surface area contributed by atoms with E-state index in [0.29, 0.717) is 10.0 Å². The fourth-order valence-electron chi connectivity index (χ4n) is 1.85. The van der Waals surface area contributed by atoms with Gasteiger partial charge < -0.3 is 11.1 Å². The molecule has 0 spiro atoms. The molecule has 0 aromatic heterocycles. The molecule has 108 valence electrons. The average Bonchev–Trinajstić information content (AvgIpc) is 2.45. The molecule has 0 aliphatic heterocycles. The average molecular weight is 428 g/mol. The zero-order valence-corrected chi connectivity index (χ0v) is 14.8. The number of carbonyl (C=O) groups excluding carboxylic acids is 1. The third-order valence-electron chi connectivity index (χ3n) is 2.87. The molecule has 2 aromatic rings. The maximum absolute atomic E-state index is 12.4. The standard InChI is InChI=1S/C15H12Br2N2OS/c16-10-6-7-11(12(17)8-10)15(20)19-13(14(18)21)9-4-2-1-3-5-9/h1-8,13H,(H2,18,21)(H,19,20). The summed E-state index contributed by atoms with van der Waals surface area (Å²) in [5, 5.41) is 2.86. The Morgan fingerprint density at radius 3 is 2.38 bits per heavy atom. The van der Waals surface area contributed by atoms with Gasteiger partial charge in [-0.25, -0.2) is 0 Å². The van der Waals surface area contributed by atoms with Crippen molar-refractivity contribution in [3.8, 4) is 0 Å². The summed E-state index contributed by atoms with van der Waals surface area (Å²) in [7, 11) is 0. The second kappa shape index (κ2) is 7.15. The highest BCUT2D eigenvalue weighted by atomic mass is 79.9. The maximum atomic E-state index is 12.4. The molecule has 0 saturated carbocycles. The number of benzene rings is 2. The number of hydrogen-bond acceptors (Lipinski definition) is 2. The van der Waals surface area contributed by atoms with Crippen molar-refractivity contribution in [1.29, 1.82) is 0 Å². The topological polar surface area (TPSA) is 55.1 Å². The van der Waals surface area contributed by atoms with Crippen molar-refractivity contribution >= 4 is 55.0 Å². The molecule has 3 N–H and O–H groups in total. The largest absolute Gasteiger partial charge is 0.391 e. The number of carbonyl (C=O) groups is 1. The van der Waals surface area contributed by atoms with Crippen LogP contribution in [-0.4, -0.2) is 10.9 Å². The zero-order chi connectivity index (χ0) is 15.4. The van der Waals surface area contributed by atoms with Crippen LogP contribution in [0.5, 0.6) is 0 Å². The predicted octanol–water partition coefficient (Wildman–Crippen LogP) is 3.97. The van der Waals surface area contributed by atoms with Crippen LogP contribution in [0.2, 0.25) is 0 Å². The van der Waals surface area contributed by atoms with E-state index in [-0.39, 0.29) is 10.9 Å². The Bertz CT molecular complexity index is 677. The van der Waals surface area contributed by atoms with E-state index in [1.165, 1.54) is 0 Å². The summed E-state index contributed by atoms with van der Waals surface area (Å²) >= 11 is 11.8. The summed E-state index contributed by atoms with van der Waals surface area (Å²) in [6.07, 6.45) is 0. The number of halogens is 2. The summed E-state index contributed by atoms with van der Waals surface area (Å²) in [5.74, 6) is -0.240. The van der Waals surface area contributed by atoms with Crippen LogP contribution < -0.4 is 11.1 Å². The van der Waals surface area contributed by atoms with Crippen LogP contribution in [0.1, 0.15) is 22.0 Å². The highest BCUT2D eigenvalue weighted by Crippen LogP contribution is 2.23. The van der Waals surface area contributed by atoms with Crippen molar-refractivity contribution in [3.63, 3.8) is 0 Å². The van der Waals surface area contributed by atoms with Gasteiger partial charge in [0.15, 0.2) is 0 Å². The van der Waals surface area contributed by atoms with E-state index in [4.69, 9.17) is 18.0 Å². The van der Waals surface area contributed by atoms with E-state index in [2.05, 4.69) is 37.2 Å². The van der Waals surface area contributed by atoms with Crippen molar-refractivity contribution in [1.82, 2.24) is 5.32 Å². The van der Waals surface area contributed by atoms with Crippen LogP contribution in [0.4, 0.5) is 0 Å². The van der Waals surface area contributed by atoms with Crippen LogP contribution in [-0.2, 0) is 0 Å². The van der Waals surface area contributed by atoms with Crippen LogP contribution in [0.25, 0.3) is 0 Å². The molecule has 1 amide bonds. The lowest BCUT2D eigenvalue weighted by Crippen LogP contribution is -2.36. The monoisotopic (exact) mass is 426 g/mol. The van der Waals surface area contributed by atoms with Crippen LogP contribution in [0.15, 0.2) is 57.5 Å². The summed E-state index contributed by atoms with van der Waals surface area (Å²) in [4.78, 5) is 12.6. The number of nitrogens with one attached hydrogen (secondary N) is 1. The SMILES string of the molecule is NC(=S)C(NC(=O)c1ccc(Br)cc1Br)c1ccccc1. The molecule has 3 nitrogen and oxygen atoms in total. The highest BCUT2D eigenvalue weighted by Gasteiger charge is 2.19. The van der Waals surface area contributed by atoms with Gasteiger partial charge in [-0.15, -0.1) is 0 Å². The van der Waals surface area contributed by atoms with Crippen molar-refractivity contribution in [2.24, 2.45) is 5.73 Å². The molecule has 1 unspecified atom stereocenters. The normalized spacial score (nSPS) is 11.7. The van der Waals surface area contributed by atoms with Crippen LogP contribution in [0.3, 0.4) is 0 Å². The van der Waals surface area contributed by atoms with Gasteiger partial charge in [0.25, 0.3) is 5.91 Å². The Balaban J connectivity index is 2.25. The molecule has 21 heavy (non-hydrogen) atoms. The Labute approximate surface area is 145 Å². The van der Waals surface area contributed by atoms with Crippen molar-refractivity contribution in [2.45, 2.75) is 6.04 Å². The Morgan fingerprint density at radius 1 is 1.14 bits per heavy atom. The van der Waals surface area contributed by atoms with Crippen molar-refractivity contribution in [2.75, 3.05) is 0 Å². The molecule has 0 aliphatic rings. The van der Waals surface area contributed by atoms with Gasteiger partial charge in [0.2, 0.25) is 0 Å². The first-order valence-electron chi connectivity index (χ1n) is 6.09. The fraction of sp³-hybridized carbons (Fsp3) is 0.0667. The Morgan fingerprint density at radius 2 is 1.81 bits per heavy atom. The summed E-state index contributed by atoms with van der Waals surface area (Å²) < 4.78 is 1.59. The molecule has 0 radical (unpaired) electrons. The Kier molecular flexibility index (Phi) is 5.50. The number of hydrogen-bond donors (Lipinski definition) is 2. The van der Waals surface area contributed by atoms with Gasteiger partial charge in [-0.1, -0.05) is 58.5 Å². The summed E-state index contributed by atoms with van der Waals surface area (Å²) in [6, 6.07) is 14.2. The quantitative estimate of drug-likeness (QED) is 0.725. The minimum absolute atomic E-state index is 0.225. The smallest absolute Gasteiger partial charge is 0.253 e. The molecule has 1 atom stereocenters. The minimum Gasteiger partial charge on any atom is -0.391 e. The van der Waals surface area contributed by atoms with Gasteiger partial charge >= 0.3 is 0 Å². The first kappa shape index (κ1) is 16.1. The van der Waals surface area contributed by atoms with E-state index in [1.807, 2.05) is 36.4 Å². The number of rotatable bonds is 4. The molecule has 0 fully saturated rings. The van der Waals surface area contributed by atoms with Crippen molar-refractivity contribution in [3.05, 3.63) is 68.6 Å². The molecular weight excluding hydrogens is 416 g/mol. The van der Waals surface area contributed by atoms with Gasteiger partial charge in [0.05, 0.1) is 5.56 Å². The summed E-state index contributed by atoms with van der Waals surface area (Å²) in [6.45, 7) is 0. The van der Waals surface area contributed by atoms with E-state index < -0.39 is 6.04 Å². The van der Waals surface area contributed by atoms with E-state index in [0.717, 1.165) is 10.0 Å². The van der Waals surface area contributed by atoms with Crippen LogP contribution >= 0.6 is 44.1 Å². The molecule has 0 aliphatic carbocycles. The lowest BCUT2D eigenvalue weighted by atomic mass is 10.1. The van der Waals surface area contributed by atoms with Crippen molar-refractivity contribution < 1.29 is 4.79 Å². The Hall–Kier alpha value is -1.24. The minimum atomic E-state index is -0.496. The molecule has 2 rings (SSSR count). The second-order valence-corrected chi connectivity index (χ2v) is 6.59. The molecular formula is C15H12Br2N2OS. The summed E-state index contributed by atoms with van der Waals surface area (Å²) in [5.41, 5.74) is 7.13. The predicted molar refractivity (Wildman–Crippen MR) is 95.3 cm³/mol. The van der Waals surface area contributed by atoms with Gasteiger partial charge in [0.1, 0.15) is 11.0 Å². The lowest BCUT2D eigenvalue weighted by Gasteiger charge is -2.18. The third kappa shape index (κ3) is 4.12. The number of thiocarbonyl (C=S) groups is 1. The highest BCUT2D eigenvalue weighted by molar-refractivity contribution is 9.11. The van der Waals surface area contributed by atoms with Gasteiger partial charge in [-0.2, -0.15) is 0 Å². The second-order valence-electron chi connectivity index (χ2n) is 4.34. The first-order valence-corrected chi connectivity index (χ1v) is 8.08. The van der Waals surface area contributed by atoms with Gasteiger partial charge in [0, 0.05) is 8.95 Å². The number of nitrogens with two attached hydrogens (primary N) is 1. The van der Waals surface area contributed by atoms with E-state index in [1.54, 1.807) is 12.1 Å². The fourth-order valence-corrected chi connectivity index (χ4v) is 3.27. The molecule has 2 aromatic carbocycles. The van der Waals surface area contributed by atoms with E-state index >= 15 is 0 Å². The molecule has 0 saturated heterocycles. The zero-order valence-electron chi connectivity index (χ0n) is 10.8. The van der Waals surface area contributed by atoms with Gasteiger partial charge in [-0.3, -0.25) is 4.79 Å². The molecule has 0 bridgehead atoms. The van der Waals surface area contributed by atoms with E-state index in [9.17, 15) is 4.79 Å². The first-order chi connectivity index (χ1) is 9.99. The lowest BCUT2D eigenvalue weighted by molar-refractivity contribution is 0.0946. The van der Waals surface area contributed by atoms with Gasteiger partial charge in [-0.05, 0) is 39.7 Å². The number of amides is 1. The molecule has 6 heteroatoms. The molecule has 0 heterocycles. The third-order valence-corrected chi connectivity index (χ3v) is 4.25. The van der Waals surface area contributed by atoms with Crippen LogP contribution in [0, 0.1) is 0 Å². The maximum Gasteiger partial charge on any atom is 0.253 e.